The second-order valence-corrected chi connectivity index (χ2v) is 6.42. The van der Waals surface area contributed by atoms with Crippen LogP contribution in [0.5, 0.6) is 0 Å². The SMILES string of the molecule is N#Cc1ccc2c(c1)nc(N1CCCC(=O)C1)c1ccsc12. The number of nitrogens with zero attached hydrogens (tertiary/aromatic N) is 3. The lowest BCUT2D eigenvalue weighted by molar-refractivity contribution is -0.118. The van der Waals surface area contributed by atoms with Crippen molar-refractivity contribution in [2.75, 3.05) is 18.0 Å². The average molecular weight is 307 g/mol. The Kier molecular flexibility index (Phi) is 3.05. The van der Waals surface area contributed by atoms with Crippen molar-refractivity contribution in [3.05, 3.63) is 35.2 Å². The van der Waals surface area contributed by atoms with Gasteiger partial charge in [-0.1, -0.05) is 6.07 Å². The molecule has 22 heavy (non-hydrogen) atoms. The van der Waals surface area contributed by atoms with Gasteiger partial charge >= 0.3 is 0 Å². The molecule has 0 amide bonds. The number of thiophene rings is 1. The first-order valence-corrected chi connectivity index (χ1v) is 8.12. The van der Waals surface area contributed by atoms with Crippen molar-refractivity contribution in [2.24, 2.45) is 0 Å². The Bertz CT molecular complexity index is 938. The summed E-state index contributed by atoms with van der Waals surface area (Å²) in [4.78, 5) is 18.6. The van der Waals surface area contributed by atoms with E-state index in [4.69, 9.17) is 10.2 Å². The fraction of sp³-hybridized carbons (Fsp3) is 0.235. The summed E-state index contributed by atoms with van der Waals surface area (Å²) in [5, 5.41) is 13.3. The van der Waals surface area contributed by atoms with Gasteiger partial charge in [-0.2, -0.15) is 5.26 Å². The number of carbonyl (C=O) groups excluding carboxylic acids is 1. The molecule has 1 aliphatic heterocycles. The van der Waals surface area contributed by atoms with Crippen LogP contribution >= 0.6 is 11.3 Å². The van der Waals surface area contributed by atoms with Crippen LogP contribution in [-0.4, -0.2) is 23.9 Å². The predicted octanol–water partition coefficient (Wildman–Crippen LogP) is 3.49. The third-order valence-electron chi connectivity index (χ3n) is 4.05. The van der Waals surface area contributed by atoms with Crippen molar-refractivity contribution in [3.63, 3.8) is 0 Å². The lowest BCUT2D eigenvalue weighted by Crippen LogP contribution is -2.36. The van der Waals surface area contributed by atoms with Crippen LogP contribution in [0.2, 0.25) is 0 Å². The quantitative estimate of drug-likeness (QED) is 0.690. The first-order chi connectivity index (χ1) is 10.8. The fourth-order valence-electron chi connectivity index (χ4n) is 3.01. The van der Waals surface area contributed by atoms with E-state index >= 15 is 0 Å². The molecule has 3 aromatic rings. The molecular weight excluding hydrogens is 294 g/mol. The van der Waals surface area contributed by atoms with E-state index in [-0.39, 0.29) is 5.78 Å². The van der Waals surface area contributed by atoms with Gasteiger partial charge in [0.2, 0.25) is 0 Å². The molecule has 5 heteroatoms. The van der Waals surface area contributed by atoms with Crippen molar-refractivity contribution in [2.45, 2.75) is 12.8 Å². The van der Waals surface area contributed by atoms with Crippen LogP contribution in [0.1, 0.15) is 18.4 Å². The maximum atomic E-state index is 11.8. The number of Topliss-reactive ketones (excluding diaryl/α,β-unsaturated/α-hetero) is 1. The second kappa shape index (κ2) is 5.08. The number of nitriles is 1. The van der Waals surface area contributed by atoms with Crippen molar-refractivity contribution >= 4 is 43.9 Å². The van der Waals surface area contributed by atoms with Gasteiger partial charge in [0, 0.05) is 28.4 Å². The molecule has 1 saturated heterocycles. The Labute approximate surface area is 131 Å². The number of anilines is 1. The highest BCUT2D eigenvalue weighted by Crippen LogP contribution is 2.36. The molecule has 108 valence electrons. The minimum Gasteiger partial charge on any atom is -0.349 e. The number of fused-ring (bicyclic) bond motifs is 3. The number of pyridine rings is 1. The van der Waals surface area contributed by atoms with Gasteiger partial charge in [0.1, 0.15) is 5.82 Å². The molecule has 4 rings (SSSR count). The van der Waals surface area contributed by atoms with Crippen molar-refractivity contribution < 1.29 is 4.79 Å². The minimum absolute atomic E-state index is 0.266. The molecule has 1 aliphatic rings. The molecule has 0 aliphatic carbocycles. The van der Waals surface area contributed by atoms with Crippen LogP contribution in [0.15, 0.2) is 29.6 Å². The molecular formula is C17H13N3OS. The summed E-state index contributed by atoms with van der Waals surface area (Å²) in [5.74, 6) is 1.13. The number of rotatable bonds is 1. The molecule has 1 aromatic carbocycles. The Morgan fingerprint density at radius 3 is 3.00 bits per heavy atom. The summed E-state index contributed by atoms with van der Waals surface area (Å²) in [6.07, 6.45) is 1.54. The highest BCUT2D eigenvalue weighted by atomic mass is 32.1. The second-order valence-electron chi connectivity index (χ2n) is 5.51. The minimum atomic E-state index is 0.266. The highest BCUT2D eigenvalue weighted by Gasteiger charge is 2.21. The first-order valence-electron chi connectivity index (χ1n) is 7.24. The summed E-state index contributed by atoms with van der Waals surface area (Å²) in [7, 11) is 0. The van der Waals surface area contributed by atoms with E-state index in [1.54, 1.807) is 11.3 Å². The van der Waals surface area contributed by atoms with Gasteiger partial charge in [0.15, 0.2) is 5.78 Å². The third kappa shape index (κ3) is 2.04. The normalized spacial score (nSPS) is 15.4. The number of ketones is 1. The summed E-state index contributed by atoms with van der Waals surface area (Å²) in [6.45, 7) is 1.29. The Hall–Kier alpha value is -2.45. The molecule has 0 N–H and O–H groups in total. The summed E-state index contributed by atoms with van der Waals surface area (Å²) in [5.41, 5.74) is 1.43. The molecule has 0 spiro atoms. The summed E-state index contributed by atoms with van der Waals surface area (Å²) >= 11 is 1.67. The lowest BCUT2D eigenvalue weighted by Gasteiger charge is -2.27. The number of hydrogen-bond donors (Lipinski definition) is 0. The van der Waals surface area contributed by atoms with Gasteiger partial charge in [-0.05, 0) is 30.0 Å². The molecule has 0 bridgehead atoms. The van der Waals surface area contributed by atoms with E-state index in [0.717, 1.165) is 35.1 Å². The average Bonchev–Trinajstić information content (AvgIpc) is 3.03. The standard InChI is InChI=1S/C17H13N3OS/c18-9-11-3-4-13-15(8-11)19-17(14-5-7-22-16(13)14)20-6-1-2-12(21)10-20/h3-5,7-8H,1-2,6,10H2. The fourth-order valence-corrected chi connectivity index (χ4v) is 3.94. The van der Waals surface area contributed by atoms with Gasteiger partial charge in [0.05, 0.1) is 23.7 Å². The molecule has 3 heterocycles. The maximum Gasteiger partial charge on any atom is 0.152 e. The van der Waals surface area contributed by atoms with E-state index in [0.29, 0.717) is 18.5 Å². The molecule has 0 unspecified atom stereocenters. The topological polar surface area (TPSA) is 57.0 Å². The maximum absolute atomic E-state index is 11.8. The number of carbonyl (C=O) groups is 1. The van der Waals surface area contributed by atoms with Gasteiger partial charge in [0.25, 0.3) is 0 Å². The zero-order valence-corrected chi connectivity index (χ0v) is 12.7. The summed E-state index contributed by atoms with van der Waals surface area (Å²) < 4.78 is 1.17. The molecule has 4 nitrogen and oxygen atoms in total. The van der Waals surface area contributed by atoms with Crippen molar-refractivity contribution in [3.8, 4) is 6.07 Å². The van der Waals surface area contributed by atoms with Gasteiger partial charge in [-0.15, -0.1) is 11.3 Å². The Morgan fingerprint density at radius 1 is 1.27 bits per heavy atom. The van der Waals surface area contributed by atoms with E-state index in [1.165, 1.54) is 4.70 Å². The Balaban J connectivity index is 1.97. The van der Waals surface area contributed by atoms with Gasteiger partial charge < -0.3 is 4.90 Å². The van der Waals surface area contributed by atoms with Crippen LogP contribution in [0, 0.1) is 11.3 Å². The molecule has 1 fully saturated rings. The van der Waals surface area contributed by atoms with Crippen molar-refractivity contribution in [1.29, 1.82) is 5.26 Å². The number of piperidine rings is 1. The largest absolute Gasteiger partial charge is 0.349 e. The van der Waals surface area contributed by atoms with E-state index in [9.17, 15) is 4.79 Å². The first kappa shape index (κ1) is 13.2. The molecule has 0 saturated carbocycles. The zero-order chi connectivity index (χ0) is 15.1. The monoisotopic (exact) mass is 307 g/mol. The Morgan fingerprint density at radius 2 is 2.18 bits per heavy atom. The van der Waals surface area contributed by atoms with Crippen LogP contribution < -0.4 is 4.90 Å². The number of hydrogen-bond acceptors (Lipinski definition) is 5. The molecule has 0 atom stereocenters. The number of aromatic nitrogens is 1. The molecule has 0 radical (unpaired) electrons. The predicted molar refractivity (Wildman–Crippen MR) is 88.3 cm³/mol. The van der Waals surface area contributed by atoms with Gasteiger partial charge in [-0.25, -0.2) is 4.98 Å². The van der Waals surface area contributed by atoms with Crippen LogP contribution in [0.4, 0.5) is 5.82 Å². The highest BCUT2D eigenvalue weighted by molar-refractivity contribution is 7.18. The van der Waals surface area contributed by atoms with Gasteiger partial charge in [-0.3, -0.25) is 4.79 Å². The van der Waals surface area contributed by atoms with Crippen LogP contribution in [-0.2, 0) is 4.79 Å². The number of benzene rings is 1. The van der Waals surface area contributed by atoms with Crippen LogP contribution in [0.25, 0.3) is 21.0 Å². The zero-order valence-electron chi connectivity index (χ0n) is 11.9. The van der Waals surface area contributed by atoms with E-state index < -0.39 is 0 Å². The van der Waals surface area contributed by atoms with E-state index in [1.807, 2.05) is 18.2 Å². The molecule has 2 aromatic heterocycles. The van der Waals surface area contributed by atoms with Crippen LogP contribution in [0.3, 0.4) is 0 Å². The van der Waals surface area contributed by atoms with Crippen molar-refractivity contribution in [1.82, 2.24) is 4.98 Å². The van der Waals surface area contributed by atoms with E-state index in [2.05, 4.69) is 22.4 Å². The summed E-state index contributed by atoms with van der Waals surface area (Å²) in [6, 6.07) is 9.84. The third-order valence-corrected chi connectivity index (χ3v) is 5.00. The smallest absolute Gasteiger partial charge is 0.152 e. The lowest BCUT2D eigenvalue weighted by atomic mass is 10.1.